The molecule has 3 aromatic carbocycles. The lowest BCUT2D eigenvalue weighted by atomic mass is 9.93. The highest BCUT2D eigenvalue weighted by Crippen LogP contribution is 2.41. The molecule has 174 valence electrons. The normalized spacial score (nSPS) is 19.4. The summed E-state index contributed by atoms with van der Waals surface area (Å²) in [5.74, 6) is -0.948. The van der Waals surface area contributed by atoms with Crippen molar-refractivity contribution < 1.29 is 24.2 Å². The van der Waals surface area contributed by atoms with Crippen LogP contribution in [0.1, 0.15) is 57.8 Å². The lowest BCUT2D eigenvalue weighted by molar-refractivity contribution is 0.0960. The number of rotatable bonds is 3. The number of nitrogens with one attached hydrogen (secondary N) is 2. The summed E-state index contributed by atoms with van der Waals surface area (Å²) in [6.45, 7) is 1.62. The van der Waals surface area contributed by atoms with E-state index < -0.39 is 36.0 Å². The fourth-order valence-electron chi connectivity index (χ4n) is 4.53. The number of hydrogen-bond acceptors (Lipinski definition) is 4. The van der Waals surface area contributed by atoms with Gasteiger partial charge >= 0.3 is 6.03 Å². The zero-order valence-electron chi connectivity index (χ0n) is 18.0. The number of aliphatic hydroxyl groups excluding tert-OH is 2. The number of amides is 3. The molecule has 3 aromatic rings. The number of carbonyl (C=O) groups is 2. The van der Waals surface area contributed by atoms with Crippen LogP contribution in [0.4, 0.5) is 20.6 Å². The molecule has 3 amide bonds. The van der Waals surface area contributed by atoms with Gasteiger partial charge in [0.05, 0.1) is 30.5 Å². The number of fused-ring (bicyclic) bond motifs is 2. The van der Waals surface area contributed by atoms with E-state index in [4.69, 9.17) is 11.6 Å². The monoisotopic (exact) mass is 481 g/mol. The van der Waals surface area contributed by atoms with Crippen molar-refractivity contribution in [3.63, 3.8) is 0 Å². The highest BCUT2D eigenvalue weighted by Gasteiger charge is 2.36. The molecule has 4 N–H and O–H groups in total. The fraction of sp³-hybridized carbons (Fsp3) is 0.200. The molecule has 0 saturated heterocycles. The topological polar surface area (TPSA) is 102 Å². The van der Waals surface area contributed by atoms with E-state index in [9.17, 15) is 24.2 Å². The van der Waals surface area contributed by atoms with Gasteiger partial charge in [-0.3, -0.25) is 9.69 Å². The molecule has 0 fully saturated rings. The third kappa shape index (κ3) is 3.69. The quantitative estimate of drug-likeness (QED) is 0.444. The smallest absolute Gasteiger partial charge is 0.326 e. The number of aliphatic hydroxyl groups is 2. The Labute approximate surface area is 199 Å². The van der Waals surface area contributed by atoms with E-state index in [1.807, 2.05) is 0 Å². The summed E-state index contributed by atoms with van der Waals surface area (Å²) in [5, 5.41) is 26.4. The summed E-state index contributed by atoms with van der Waals surface area (Å²) in [4.78, 5) is 27.5. The zero-order chi connectivity index (χ0) is 24.1. The number of carbonyl (C=O) groups excluding carboxylic acids is 2. The molecule has 2 heterocycles. The molecule has 9 heteroatoms. The summed E-state index contributed by atoms with van der Waals surface area (Å²) >= 11 is 6.32. The molecule has 0 aromatic heterocycles. The summed E-state index contributed by atoms with van der Waals surface area (Å²) in [7, 11) is 0. The number of hydrogen-bond donors (Lipinski definition) is 4. The molecule has 0 radical (unpaired) electrons. The lowest BCUT2D eigenvalue weighted by Crippen LogP contribution is -2.34. The van der Waals surface area contributed by atoms with Gasteiger partial charge in [0.25, 0.3) is 5.91 Å². The van der Waals surface area contributed by atoms with Crippen molar-refractivity contribution in [1.82, 2.24) is 5.32 Å². The standard InChI is InChI=1S/C25H21ClFN3O4/c1-12(31)13-8-17-22(23(29-24(17)33)16-10-14(27)6-7-18(16)26)19(9-13)28-25(34)30-11-21(32)15-4-2-3-5-20(15)30/h2-10,12,21,23,31-32H,11H2,1H3,(H,28,34)(H,29,33). The van der Waals surface area contributed by atoms with E-state index in [1.165, 1.54) is 23.1 Å². The number of halogens is 2. The average molecular weight is 482 g/mol. The summed E-state index contributed by atoms with van der Waals surface area (Å²) in [5.41, 5.74) is 2.94. The molecule has 3 atom stereocenters. The Morgan fingerprint density at radius 2 is 1.97 bits per heavy atom. The molecule has 5 rings (SSSR count). The van der Waals surface area contributed by atoms with Crippen molar-refractivity contribution >= 4 is 34.9 Å². The molecule has 2 aliphatic rings. The number of anilines is 2. The van der Waals surface area contributed by atoms with Gasteiger partial charge in [0.1, 0.15) is 5.82 Å². The van der Waals surface area contributed by atoms with Crippen molar-refractivity contribution in [2.24, 2.45) is 0 Å². The van der Waals surface area contributed by atoms with Crippen molar-refractivity contribution in [2.75, 3.05) is 16.8 Å². The third-order valence-electron chi connectivity index (χ3n) is 6.19. The van der Waals surface area contributed by atoms with Crippen molar-refractivity contribution in [2.45, 2.75) is 25.2 Å². The van der Waals surface area contributed by atoms with E-state index in [0.29, 0.717) is 27.9 Å². The third-order valence-corrected chi connectivity index (χ3v) is 6.54. The Hall–Kier alpha value is -3.46. The molecule has 3 unspecified atom stereocenters. The van der Waals surface area contributed by atoms with Gasteiger partial charge < -0.3 is 20.8 Å². The molecule has 0 spiro atoms. The van der Waals surface area contributed by atoms with Crippen LogP contribution in [0.5, 0.6) is 0 Å². The van der Waals surface area contributed by atoms with Crippen LogP contribution in [0.2, 0.25) is 5.02 Å². The number of nitrogens with zero attached hydrogens (tertiary/aromatic N) is 1. The lowest BCUT2D eigenvalue weighted by Gasteiger charge is -2.22. The number of para-hydroxylation sites is 1. The second kappa shape index (κ2) is 8.39. The van der Waals surface area contributed by atoms with Gasteiger partial charge in [-0.25, -0.2) is 9.18 Å². The van der Waals surface area contributed by atoms with Gasteiger partial charge in [0.15, 0.2) is 0 Å². The first kappa shape index (κ1) is 22.3. The first-order valence-corrected chi connectivity index (χ1v) is 11.1. The van der Waals surface area contributed by atoms with Gasteiger partial charge in [0.2, 0.25) is 0 Å². The summed E-state index contributed by atoms with van der Waals surface area (Å²) in [6, 6.07) is 12.7. The van der Waals surface area contributed by atoms with Gasteiger partial charge in [0, 0.05) is 33.0 Å². The van der Waals surface area contributed by atoms with Crippen LogP contribution in [0, 0.1) is 5.82 Å². The number of urea groups is 1. The van der Waals surface area contributed by atoms with Gasteiger partial charge in [-0.05, 0) is 48.9 Å². The zero-order valence-corrected chi connectivity index (χ0v) is 18.8. The summed E-state index contributed by atoms with van der Waals surface area (Å²) < 4.78 is 14.0. The molecule has 0 bridgehead atoms. The molecular weight excluding hydrogens is 461 g/mol. The second-order valence-corrected chi connectivity index (χ2v) is 8.80. The largest absolute Gasteiger partial charge is 0.389 e. The molecule has 2 aliphatic heterocycles. The maximum Gasteiger partial charge on any atom is 0.326 e. The SMILES string of the molecule is CC(O)c1cc(NC(=O)N2CC(O)c3ccccc32)c2c(c1)C(=O)NC2c1cc(F)ccc1Cl. The Kier molecular flexibility index (Phi) is 5.51. The van der Waals surface area contributed by atoms with Crippen LogP contribution in [-0.4, -0.2) is 28.7 Å². The van der Waals surface area contributed by atoms with Crippen LogP contribution in [0.15, 0.2) is 54.6 Å². The van der Waals surface area contributed by atoms with Crippen LogP contribution < -0.4 is 15.5 Å². The molecule has 34 heavy (non-hydrogen) atoms. The van der Waals surface area contributed by atoms with E-state index in [0.717, 1.165) is 0 Å². The van der Waals surface area contributed by atoms with Crippen LogP contribution >= 0.6 is 11.6 Å². The predicted molar refractivity (Wildman–Crippen MR) is 126 cm³/mol. The molecule has 7 nitrogen and oxygen atoms in total. The highest BCUT2D eigenvalue weighted by molar-refractivity contribution is 6.31. The minimum absolute atomic E-state index is 0.0692. The van der Waals surface area contributed by atoms with E-state index in [2.05, 4.69) is 10.6 Å². The van der Waals surface area contributed by atoms with Crippen molar-refractivity contribution in [3.8, 4) is 0 Å². The van der Waals surface area contributed by atoms with E-state index in [1.54, 1.807) is 43.3 Å². The van der Waals surface area contributed by atoms with E-state index in [-0.39, 0.29) is 22.8 Å². The number of β-amino-alcohol motifs (C(OH)–C–C–N with tert-alkyl or cyclic N) is 1. The molecular formula is C25H21ClFN3O4. The minimum Gasteiger partial charge on any atom is -0.389 e. The van der Waals surface area contributed by atoms with E-state index >= 15 is 0 Å². The maximum absolute atomic E-state index is 14.0. The van der Waals surface area contributed by atoms with Crippen LogP contribution in [-0.2, 0) is 0 Å². The molecule has 0 aliphatic carbocycles. The Bertz CT molecular complexity index is 1330. The van der Waals surface area contributed by atoms with Gasteiger partial charge in [-0.1, -0.05) is 29.8 Å². The summed E-state index contributed by atoms with van der Waals surface area (Å²) in [6.07, 6.45) is -1.72. The first-order valence-electron chi connectivity index (χ1n) is 10.7. The van der Waals surface area contributed by atoms with Crippen LogP contribution in [0.25, 0.3) is 0 Å². The van der Waals surface area contributed by atoms with Crippen LogP contribution in [0.3, 0.4) is 0 Å². The van der Waals surface area contributed by atoms with Gasteiger partial charge in [-0.15, -0.1) is 0 Å². The predicted octanol–water partition coefficient (Wildman–Crippen LogP) is 4.45. The maximum atomic E-state index is 14.0. The molecule has 0 saturated carbocycles. The minimum atomic E-state index is -0.903. The van der Waals surface area contributed by atoms with Crippen molar-refractivity contribution in [3.05, 3.63) is 93.3 Å². The van der Waals surface area contributed by atoms with Crippen molar-refractivity contribution in [1.29, 1.82) is 0 Å². The van der Waals surface area contributed by atoms with Gasteiger partial charge in [-0.2, -0.15) is 0 Å². The highest BCUT2D eigenvalue weighted by atomic mass is 35.5. The Morgan fingerprint density at radius 1 is 1.21 bits per heavy atom. The Balaban J connectivity index is 1.59. The average Bonchev–Trinajstić information content (AvgIpc) is 3.33. The fourth-order valence-corrected chi connectivity index (χ4v) is 4.76. The first-order chi connectivity index (χ1) is 16.2. The Morgan fingerprint density at radius 3 is 2.74 bits per heavy atom. The number of benzene rings is 3. The second-order valence-electron chi connectivity index (χ2n) is 8.39.